The molecule has 0 aliphatic heterocycles. The summed E-state index contributed by atoms with van der Waals surface area (Å²) in [6.45, 7) is 0. The highest BCUT2D eigenvalue weighted by Gasteiger charge is 2.12. The molecule has 4 rings (SSSR count). The van der Waals surface area contributed by atoms with Crippen molar-refractivity contribution in [1.29, 1.82) is 0 Å². The molecule has 6 nitrogen and oxygen atoms in total. The number of rotatable bonds is 3. The summed E-state index contributed by atoms with van der Waals surface area (Å²) in [5.74, 6) is 1.50. The molecule has 0 bridgehead atoms. The summed E-state index contributed by atoms with van der Waals surface area (Å²) < 4.78 is 7.22. The van der Waals surface area contributed by atoms with E-state index in [0.717, 1.165) is 28.6 Å². The van der Waals surface area contributed by atoms with Crippen LogP contribution in [0.4, 0.5) is 11.7 Å². The number of anilines is 2. The number of imidazole rings is 1. The van der Waals surface area contributed by atoms with E-state index in [9.17, 15) is 0 Å². The smallest absolute Gasteiger partial charge is 0.200 e. The zero-order chi connectivity index (χ0) is 14.9. The molecule has 6 heteroatoms. The molecule has 108 valence electrons. The minimum absolute atomic E-state index is 0.731. The zero-order valence-electron chi connectivity index (χ0n) is 11.9. The van der Waals surface area contributed by atoms with Crippen LogP contribution >= 0.6 is 0 Å². The number of pyridine rings is 1. The van der Waals surface area contributed by atoms with Gasteiger partial charge in [0.05, 0.1) is 18.2 Å². The molecule has 0 aliphatic rings. The van der Waals surface area contributed by atoms with Gasteiger partial charge in [-0.05, 0) is 30.3 Å². The van der Waals surface area contributed by atoms with Crippen molar-refractivity contribution >= 4 is 17.3 Å². The number of hydrogen-bond acceptors (Lipinski definition) is 5. The first kappa shape index (κ1) is 12.6. The number of fused-ring (bicyclic) bond motifs is 1. The molecular weight excluding hydrogens is 278 g/mol. The predicted molar refractivity (Wildman–Crippen MR) is 83.0 cm³/mol. The third-order valence-corrected chi connectivity index (χ3v) is 3.49. The molecule has 0 saturated carbocycles. The van der Waals surface area contributed by atoms with Gasteiger partial charge in [0.25, 0.3) is 0 Å². The summed E-state index contributed by atoms with van der Waals surface area (Å²) in [6.07, 6.45) is 6.99. The number of aromatic nitrogens is 4. The van der Waals surface area contributed by atoms with E-state index in [1.54, 1.807) is 24.9 Å². The molecule has 4 aromatic heterocycles. The second-order valence-electron chi connectivity index (χ2n) is 4.86. The molecule has 0 aliphatic carbocycles. The Hall–Kier alpha value is -3.15. The topological polar surface area (TPSA) is 59.5 Å². The SMILES string of the molecule is CN(c1ccc2ncc(-c3cccnc3)n2n1)c1ccco1. The van der Waals surface area contributed by atoms with Gasteiger partial charge in [-0.1, -0.05) is 0 Å². The minimum atomic E-state index is 0.731. The van der Waals surface area contributed by atoms with Crippen LogP contribution in [-0.4, -0.2) is 26.6 Å². The second kappa shape index (κ2) is 5.00. The van der Waals surface area contributed by atoms with E-state index in [1.165, 1.54) is 0 Å². The summed E-state index contributed by atoms with van der Waals surface area (Å²) in [7, 11) is 1.91. The summed E-state index contributed by atoms with van der Waals surface area (Å²) in [6, 6.07) is 11.5. The molecule has 0 unspecified atom stereocenters. The molecule has 0 N–H and O–H groups in total. The van der Waals surface area contributed by atoms with E-state index in [4.69, 9.17) is 4.42 Å². The van der Waals surface area contributed by atoms with Crippen LogP contribution in [-0.2, 0) is 0 Å². The van der Waals surface area contributed by atoms with E-state index in [-0.39, 0.29) is 0 Å². The lowest BCUT2D eigenvalue weighted by Crippen LogP contribution is -2.12. The normalized spacial score (nSPS) is 11.0. The van der Waals surface area contributed by atoms with Crippen molar-refractivity contribution in [3.8, 4) is 11.3 Å². The Morgan fingerprint density at radius 3 is 2.82 bits per heavy atom. The van der Waals surface area contributed by atoms with Gasteiger partial charge in [-0.2, -0.15) is 0 Å². The maximum atomic E-state index is 5.41. The van der Waals surface area contributed by atoms with Gasteiger partial charge in [0.2, 0.25) is 5.88 Å². The largest absolute Gasteiger partial charge is 0.448 e. The Balaban J connectivity index is 1.83. The Morgan fingerprint density at radius 1 is 1.09 bits per heavy atom. The lowest BCUT2D eigenvalue weighted by atomic mass is 10.2. The molecular formula is C16H13N5O. The molecule has 4 aromatic rings. The lowest BCUT2D eigenvalue weighted by Gasteiger charge is -2.14. The van der Waals surface area contributed by atoms with E-state index in [0.29, 0.717) is 0 Å². The Morgan fingerprint density at radius 2 is 2.05 bits per heavy atom. The lowest BCUT2D eigenvalue weighted by molar-refractivity contribution is 0.568. The molecule has 0 saturated heterocycles. The monoisotopic (exact) mass is 291 g/mol. The number of hydrogen-bond donors (Lipinski definition) is 0. The Bertz CT molecular complexity index is 899. The second-order valence-corrected chi connectivity index (χ2v) is 4.86. The van der Waals surface area contributed by atoms with Crippen LogP contribution in [0.3, 0.4) is 0 Å². The van der Waals surface area contributed by atoms with Crippen molar-refractivity contribution in [1.82, 2.24) is 19.6 Å². The third kappa shape index (κ3) is 2.01. The van der Waals surface area contributed by atoms with Crippen LogP contribution in [0, 0.1) is 0 Å². The fourth-order valence-electron chi connectivity index (χ4n) is 2.33. The van der Waals surface area contributed by atoms with Crippen LogP contribution < -0.4 is 4.90 Å². The molecule has 0 spiro atoms. The van der Waals surface area contributed by atoms with Crippen molar-refractivity contribution < 1.29 is 4.42 Å². The first-order valence-corrected chi connectivity index (χ1v) is 6.85. The fourth-order valence-corrected chi connectivity index (χ4v) is 2.33. The van der Waals surface area contributed by atoms with Gasteiger partial charge in [0.1, 0.15) is 0 Å². The summed E-state index contributed by atoms with van der Waals surface area (Å²) in [5, 5.41) is 4.66. The van der Waals surface area contributed by atoms with Crippen LogP contribution in [0.5, 0.6) is 0 Å². The predicted octanol–water partition coefficient (Wildman–Crippen LogP) is 3.15. The maximum Gasteiger partial charge on any atom is 0.200 e. The van der Waals surface area contributed by atoms with E-state index in [1.807, 2.05) is 52.9 Å². The third-order valence-electron chi connectivity index (χ3n) is 3.49. The molecule has 4 heterocycles. The minimum Gasteiger partial charge on any atom is -0.448 e. The van der Waals surface area contributed by atoms with Crippen molar-refractivity contribution in [2.24, 2.45) is 0 Å². The van der Waals surface area contributed by atoms with Crippen molar-refractivity contribution in [2.75, 3.05) is 11.9 Å². The Kier molecular flexibility index (Phi) is 2.86. The summed E-state index contributed by atoms with van der Waals surface area (Å²) in [5.41, 5.74) is 2.66. The highest BCUT2D eigenvalue weighted by Crippen LogP contribution is 2.24. The highest BCUT2D eigenvalue weighted by atomic mass is 16.3. The van der Waals surface area contributed by atoms with Crippen molar-refractivity contribution in [2.45, 2.75) is 0 Å². The summed E-state index contributed by atoms with van der Waals surface area (Å²) in [4.78, 5) is 10.4. The first-order valence-electron chi connectivity index (χ1n) is 6.85. The standard InChI is InChI=1S/C16H13N5O/c1-20(16-5-3-9-22-16)15-7-6-14-18-11-13(21(14)19-15)12-4-2-8-17-10-12/h2-11H,1H3. The average molecular weight is 291 g/mol. The van der Waals surface area contributed by atoms with Crippen molar-refractivity contribution in [3.63, 3.8) is 0 Å². The maximum absolute atomic E-state index is 5.41. The van der Waals surface area contributed by atoms with Gasteiger partial charge in [-0.15, -0.1) is 5.10 Å². The molecule has 0 fully saturated rings. The number of nitrogens with zero attached hydrogens (tertiary/aromatic N) is 5. The molecule has 0 aromatic carbocycles. The van der Waals surface area contributed by atoms with Gasteiger partial charge in [0, 0.05) is 31.1 Å². The van der Waals surface area contributed by atoms with E-state index < -0.39 is 0 Å². The highest BCUT2D eigenvalue weighted by molar-refractivity contribution is 5.63. The first-order chi connectivity index (χ1) is 10.8. The summed E-state index contributed by atoms with van der Waals surface area (Å²) >= 11 is 0. The quantitative estimate of drug-likeness (QED) is 0.580. The molecule has 0 radical (unpaired) electrons. The van der Waals surface area contributed by atoms with Gasteiger partial charge < -0.3 is 4.42 Å². The van der Waals surface area contributed by atoms with Crippen LogP contribution in [0.2, 0.25) is 0 Å². The van der Waals surface area contributed by atoms with Gasteiger partial charge >= 0.3 is 0 Å². The molecule has 0 atom stereocenters. The van der Waals surface area contributed by atoms with E-state index >= 15 is 0 Å². The van der Waals surface area contributed by atoms with Gasteiger partial charge in [-0.3, -0.25) is 9.88 Å². The fraction of sp³-hybridized carbons (Fsp3) is 0.0625. The number of furan rings is 1. The molecule has 0 amide bonds. The molecule has 22 heavy (non-hydrogen) atoms. The van der Waals surface area contributed by atoms with Crippen LogP contribution in [0.1, 0.15) is 0 Å². The average Bonchev–Trinajstić information content (AvgIpc) is 3.24. The van der Waals surface area contributed by atoms with Crippen LogP contribution in [0.15, 0.2) is 65.7 Å². The van der Waals surface area contributed by atoms with Crippen molar-refractivity contribution in [3.05, 3.63) is 61.3 Å². The Labute approximate surface area is 126 Å². The van der Waals surface area contributed by atoms with Gasteiger partial charge in [0.15, 0.2) is 11.5 Å². The van der Waals surface area contributed by atoms with Crippen LogP contribution in [0.25, 0.3) is 16.9 Å². The van der Waals surface area contributed by atoms with E-state index in [2.05, 4.69) is 15.1 Å². The zero-order valence-corrected chi connectivity index (χ0v) is 11.9. The van der Waals surface area contributed by atoms with Gasteiger partial charge in [-0.25, -0.2) is 9.50 Å².